The number of rotatable bonds is 4. The third kappa shape index (κ3) is 3.37. The summed E-state index contributed by atoms with van der Waals surface area (Å²) in [6, 6.07) is 5.08. The first-order valence-electron chi connectivity index (χ1n) is 7.59. The molecule has 1 aliphatic carbocycles. The lowest BCUT2D eigenvalue weighted by molar-refractivity contribution is -0.0976. The van der Waals surface area contributed by atoms with Crippen LogP contribution in [0.15, 0.2) is 35.2 Å². The molecule has 0 amide bonds. The summed E-state index contributed by atoms with van der Waals surface area (Å²) in [6.45, 7) is 0. The summed E-state index contributed by atoms with van der Waals surface area (Å²) in [5.41, 5.74) is -0.572. The van der Waals surface area contributed by atoms with E-state index in [2.05, 4.69) is 11.7 Å². The number of halogens is 5. The van der Waals surface area contributed by atoms with E-state index in [0.29, 0.717) is 0 Å². The zero-order valence-electron chi connectivity index (χ0n) is 13.8. The maximum atomic E-state index is 14.1. The van der Waals surface area contributed by atoms with Crippen LogP contribution in [0.25, 0.3) is 0 Å². The molecular formula is C18H15F5O3S. The van der Waals surface area contributed by atoms with Crippen LogP contribution in [0.3, 0.4) is 0 Å². The highest BCUT2D eigenvalue weighted by molar-refractivity contribution is 8.28. The van der Waals surface area contributed by atoms with Crippen molar-refractivity contribution >= 4 is 20.9 Å². The lowest BCUT2D eigenvalue weighted by Gasteiger charge is -2.21. The van der Waals surface area contributed by atoms with Gasteiger partial charge in [-0.2, -0.15) is 8.78 Å². The van der Waals surface area contributed by atoms with E-state index in [4.69, 9.17) is 4.74 Å². The highest BCUT2D eigenvalue weighted by Crippen LogP contribution is 2.54. The van der Waals surface area contributed by atoms with Crippen molar-refractivity contribution in [2.45, 2.75) is 29.1 Å². The molecule has 1 atom stereocenters. The predicted octanol–water partition coefficient (Wildman–Crippen LogP) is 4.80. The average molecular weight is 406 g/mol. The number of benzene rings is 2. The van der Waals surface area contributed by atoms with Gasteiger partial charge < -0.3 is 14.9 Å². The molecule has 1 aliphatic rings. The highest BCUT2D eigenvalue weighted by atomic mass is 32.2. The van der Waals surface area contributed by atoms with Gasteiger partial charge in [-0.3, -0.25) is 0 Å². The summed E-state index contributed by atoms with van der Waals surface area (Å²) in [6.07, 6.45) is -3.27. The summed E-state index contributed by atoms with van der Waals surface area (Å²) in [7, 11) is -3.27. The molecule has 0 radical (unpaired) electrons. The van der Waals surface area contributed by atoms with E-state index in [0.717, 1.165) is 24.3 Å². The lowest BCUT2D eigenvalue weighted by atomic mass is 10.1. The van der Waals surface area contributed by atoms with Crippen LogP contribution in [0.1, 0.15) is 17.2 Å². The number of phenolic OH excluding ortho intramolecular Hbond substituents is 1. The molecule has 3 nitrogen and oxygen atoms in total. The second-order valence-corrected chi connectivity index (χ2v) is 8.93. The molecule has 0 aromatic heterocycles. The molecule has 1 unspecified atom stereocenters. The van der Waals surface area contributed by atoms with Gasteiger partial charge in [0.2, 0.25) is 0 Å². The second kappa shape index (κ2) is 6.42. The Hall–Kier alpha value is -2.26. The zero-order valence-corrected chi connectivity index (χ0v) is 14.6. The molecule has 0 saturated heterocycles. The summed E-state index contributed by atoms with van der Waals surface area (Å²) in [4.78, 5) is -0.244. The first-order valence-corrected chi connectivity index (χ1v) is 9.62. The Balaban J connectivity index is 2.17. The molecule has 0 bridgehead atoms. The van der Waals surface area contributed by atoms with Crippen molar-refractivity contribution in [2.24, 2.45) is 0 Å². The van der Waals surface area contributed by atoms with E-state index >= 15 is 0 Å². The minimum absolute atomic E-state index is 0.167. The van der Waals surface area contributed by atoms with Crippen molar-refractivity contribution < 1.29 is 36.9 Å². The number of aliphatic hydroxyl groups is 1. The number of phenols is 1. The van der Waals surface area contributed by atoms with E-state index in [1.807, 2.05) is 0 Å². The smallest absolute Gasteiger partial charge is 0.281 e. The van der Waals surface area contributed by atoms with Crippen LogP contribution in [-0.2, 0) is 6.42 Å². The molecule has 2 N–H and O–H groups in total. The second-order valence-electron chi connectivity index (χ2n) is 6.25. The van der Waals surface area contributed by atoms with E-state index < -0.39 is 50.5 Å². The van der Waals surface area contributed by atoms with Crippen molar-refractivity contribution in [3.8, 4) is 17.2 Å². The summed E-state index contributed by atoms with van der Waals surface area (Å²) < 4.78 is 73.8. The number of aromatic hydroxyl groups is 1. The SMILES string of the molecule is C=S(=C)(c1ccc(Oc2cc(O)cc(F)c2)c2c1C(O)C(F)(F)C2)C(F)F. The number of aliphatic hydroxyl groups excluding tert-OH is 1. The van der Waals surface area contributed by atoms with Gasteiger partial charge in [-0.1, -0.05) is 11.7 Å². The van der Waals surface area contributed by atoms with Gasteiger partial charge in [0.15, 0.2) is 0 Å². The molecule has 9 heteroatoms. The average Bonchev–Trinajstić information content (AvgIpc) is 2.77. The Morgan fingerprint density at radius 2 is 1.85 bits per heavy atom. The minimum Gasteiger partial charge on any atom is -0.508 e. The number of hydrogen-bond acceptors (Lipinski definition) is 3. The van der Waals surface area contributed by atoms with Gasteiger partial charge in [0.1, 0.15) is 29.2 Å². The molecule has 0 aliphatic heterocycles. The Labute approximate surface area is 152 Å². The quantitative estimate of drug-likeness (QED) is 0.567. The predicted molar refractivity (Wildman–Crippen MR) is 94.3 cm³/mol. The molecular weight excluding hydrogens is 391 g/mol. The van der Waals surface area contributed by atoms with Crippen LogP contribution in [0.4, 0.5) is 22.0 Å². The fourth-order valence-corrected chi connectivity index (χ4v) is 4.13. The van der Waals surface area contributed by atoms with Gasteiger partial charge in [-0.15, -0.1) is 9.21 Å². The van der Waals surface area contributed by atoms with Crippen LogP contribution in [-0.4, -0.2) is 33.6 Å². The summed E-state index contributed by atoms with van der Waals surface area (Å²) in [5.74, 6) is -1.44. The number of alkyl halides is 4. The standard InChI is InChI=1S/C18H15F5O3S/c1-27(2,17(20)21)14-4-3-13(12-8-18(22,23)16(25)15(12)14)26-11-6-9(19)5-10(24)7-11/h3-7,16-17,24-25H,1-2,8H2. The van der Waals surface area contributed by atoms with Gasteiger partial charge in [-0.05, 0) is 12.1 Å². The summed E-state index contributed by atoms with van der Waals surface area (Å²) >= 11 is 0. The highest BCUT2D eigenvalue weighted by Gasteiger charge is 2.50. The van der Waals surface area contributed by atoms with E-state index in [1.54, 1.807) is 0 Å². The molecule has 0 saturated carbocycles. The third-order valence-electron chi connectivity index (χ3n) is 4.22. The Kier molecular flexibility index (Phi) is 4.63. The van der Waals surface area contributed by atoms with Crippen molar-refractivity contribution in [2.75, 3.05) is 0 Å². The molecule has 0 spiro atoms. The minimum atomic E-state index is -3.60. The largest absolute Gasteiger partial charge is 0.508 e. The van der Waals surface area contributed by atoms with E-state index in [9.17, 15) is 32.2 Å². The Morgan fingerprint density at radius 1 is 1.19 bits per heavy atom. The van der Waals surface area contributed by atoms with Crippen molar-refractivity contribution in [3.05, 3.63) is 47.3 Å². The zero-order chi connectivity index (χ0) is 20.1. The molecule has 146 valence electrons. The Morgan fingerprint density at radius 3 is 2.44 bits per heavy atom. The van der Waals surface area contributed by atoms with Crippen LogP contribution in [0.5, 0.6) is 17.2 Å². The first-order chi connectivity index (χ1) is 12.4. The van der Waals surface area contributed by atoms with Gasteiger partial charge >= 0.3 is 0 Å². The van der Waals surface area contributed by atoms with Crippen LogP contribution in [0.2, 0.25) is 0 Å². The topological polar surface area (TPSA) is 49.7 Å². The molecule has 0 heterocycles. The van der Waals surface area contributed by atoms with Crippen molar-refractivity contribution in [1.82, 2.24) is 0 Å². The maximum Gasteiger partial charge on any atom is 0.281 e. The van der Waals surface area contributed by atoms with Gasteiger partial charge in [0.25, 0.3) is 11.7 Å². The number of hydrogen-bond donors (Lipinski definition) is 2. The van der Waals surface area contributed by atoms with Gasteiger partial charge in [0.05, 0.1) is 0 Å². The van der Waals surface area contributed by atoms with Crippen LogP contribution < -0.4 is 4.74 Å². The van der Waals surface area contributed by atoms with E-state index in [-0.39, 0.29) is 22.0 Å². The first kappa shape index (κ1) is 19.5. The third-order valence-corrected chi connectivity index (χ3v) is 6.14. The van der Waals surface area contributed by atoms with Crippen LogP contribution >= 0.6 is 9.21 Å². The Bertz CT molecular complexity index is 982. The monoisotopic (exact) mass is 406 g/mol. The van der Waals surface area contributed by atoms with Crippen molar-refractivity contribution in [1.29, 1.82) is 0 Å². The summed E-state index contributed by atoms with van der Waals surface area (Å²) in [5, 5.41) is 19.4. The lowest BCUT2D eigenvalue weighted by Crippen LogP contribution is -2.21. The van der Waals surface area contributed by atoms with Crippen LogP contribution in [0, 0.1) is 5.82 Å². The fourth-order valence-electron chi connectivity index (χ4n) is 2.93. The number of fused-ring (bicyclic) bond motifs is 1. The number of ether oxygens (including phenoxy) is 1. The molecule has 27 heavy (non-hydrogen) atoms. The van der Waals surface area contributed by atoms with Gasteiger partial charge in [0, 0.05) is 40.6 Å². The van der Waals surface area contributed by atoms with Gasteiger partial charge in [-0.25, -0.2) is 13.2 Å². The molecule has 2 aromatic rings. The van der Waals surface area contributed by atoms with E-state index in [1.165, 1.54) is 6.07 Å². The molecule has 3 rings (SSSR count). The molecule has 2 aromatic carbocycles. The maximum absolute atomic E-state index is 14.1. The fraction of sp³-hybridized carbons (Fsp3) is 0.222. The van der Waals surface area contributed by atoms with Crippen molar-refractivity contribution in [3.63, 3.8) is 0 Å². The normalized spacial score (nSPS) is 18.6. The molecule has 0 fully saturated rings.